The summed E-state index contributed by atoms with van der Waals surface area (Å²) in [5.74, 6) is 5.03. The molecule has 1 aromatic rings. The van der Waals surface area contributed by atoms with Crippen LogP contribution in [0.25, 0.3) is 0 Å². The van der Waals surface area contributed by atoms with E-state index >= 15 is 0 Å². The number of carboxylic acid groups (broad SMARTS) is 1. The second kappa shape index (κ2) is 8.47. The Hall–Kier alpha value is -2.25. The van der Waals surface area contributed by atoms with E-state index in [0.29, 0.717) is 36.5 Å². The van der Waals surface area contributed by atoms with Gasteiger partial charge in [-0.05, 0) is 39.7 Å². The van der Waals surface area contributed by atoms with Gasteiger partial charge in [-0.25, -0.2) is 18.0 Å². The average Bonchev–Trinajstić information content (AvgIpc) is 3.32. The Kier molecular flexibility index (Phi) is 6.34. The third-order valence-electron chi connectivity index (χ3n) is 4.75. The van der Waals surface area contributed by atoms with Crippen molar-refractivity contribution in [1.29, 1.82) is 0 Å². The fourth-order valence-electron chi connectivity index (χ4n) is 3.30. The Morgan fingerprint density at radius 1 is 1.33 bits per heavy atom. The first-order valence-corrected chi connectivity index (χ1v) is 12.4. The monoisotopic (exact) mass is 454 g/mol. The van der Waals surface area contributed by atoms with Gasteiger partial charge in [0.05, 0.1) is 22.1 Å². The Balaban J connectivity index is 1.62. The minimum Gasteiger partial charge on any atom is -0.477 e. The number of ether oxygens (including phenoxy) is 1. The lowest BCUT2D eigenvalue weighted by Gasteiger charge is -2.19. The Morgan fingerprint density at radius 2 is 2.07 bits per heavy atom. The number of anilines is 1. The number of carboxylic acids is 1. The van der Waals surface area contributed by atoms with Gasteiger partial charge in [0, 0.05) is 24.5 Å². The highest BCUT2D eigenvalue weighted by atomic mass is 32.2. The zero-order chi connectivity index (χ0) is 22.1. The van der Waals surface area contributed by atoms with Crippen LogP contribution in [0, 0.1) is 17.3 Å². The van der Waals surface area contributed by atoms with Crippen molar-refractivity contribution in [3.05, 3.63) is 15.8 Å². The average molecular weight is 455 g/mol. The molecule has 30 heavy (non-hydrogen) atoms. The number of amides is 1. The second-order valence-corrected chi connectivity index (χ2v) is 11.9. The van der Waals surface area contributed by atoms with Gasteiger partial charge < -0.3 is 20.1 Å². The molecule has 0 aromatic carbocycles. The molecule has 0 saturated carbocycles. The molecule has 0 aliphatic carbocycles. The van der Waals surface area contributed by atoms with E-state index in [1.807, 2.05) is 20.8 Å². The van der Waals surface area contributed by atoms with Gasteiger partial charge in [-0.1, -0.05) is 11.8 Å². The van der Waals surface area contributed by atoms with Crippen LogP contribution in [0.1, 0.15) is 48.2 Å². The van der Waals surface area contributed by atoms with Gasteiger partial charge in [-0.2, -0.15) is 0 Å². The Bertz CT molecular complexity index is 997. The van der Waals surface area contributed by atoms with Crippen molar-refractivity contribution >= 4 is 38.9 Å². The SMILES string of the molecule is CC(C)(C)C#Cc1cc(N[C@H]2CCN(C(=O)OC3CCS(=O)(=O)C3)C2)c(C(=O)O)s1. The molecule has 2 saturated heterocycles. The predicted molar refractivity (Wildman–Crippen MR) is 115 cm³/mol. The van der Waals surface area contributed by atoms with Crippen LogP contribution in [0.2, 0.25) is 0 Å². The third-order valence-corrected chi connectivity index (χ3v) is 7.53. The summed E-state index contributed by atoms with van der Waals surface area (Å²) in [7, 11) is -3.11. The van der Waals surface area contributed by atoms with E-state index < -0.39 is 28.0 Å². The first kappa shape index (κ1) is 22.4. The summed E-state index contributed by atoms with van der Waals surface area (Å²) in [6.45, 7) is 6.77. The molecule has 10 heteroatoms. The van der Waals surface area contributed by atoms with Gasteiger partial charge in [0.15, 0.2) is 9.84 Å². The fourth-order valence-corrected chi connectivity index (χ4v) is 5.71. The molecule has 1 amide bonds. The molecule has 3 heterocycles. The number of likely N-dealkylation sites (tertiary alicyclic amines) is 1. The summed E-state index contributed by atoms with van der Waals surface area (Å²) < 4.78 is 28.4. The van der Waals surface area contributed by atoms with Gasteiger partial charge in [-0.3, -0.25) is 0 Å². The molecule has 2 N–H and O–H groups in total. The molecule has 1 unspecified atom stereocenters. The first-order valence-electron chi connectivity index (χ1n) is 9.75. The number of hydrogen-bond acceptors (Lipinski definition) is 7. The number of thiophene rings is 1. The standard InChI is InChI=1S/C20H26N2O6S2/c1-20(2,3)7-4-15-10-16(17(29-15)18(23)24)21-13-5-8-22(11-13)19(25)28-14-6-9-30(26,27)12-14/h10,13-14,21H,5-6,8-9,11-12H2,1-3H3,(H,23,24)/t13-,14?/m0/s1. The molecule has 1 aromatic heterocycles. The third kappa shape index (κ3) is 5.89. The number of nitrogens with zero attached hydrogens (tertiary/aromatic N) is 1. The van der Waals surface area contributed by atoms with E-state index in [4.69, 9.17) is 4.74 Å². The lowest BCUT2D eigenvalue weighted by molar-refractivity contribution is 0.0701. The van der Waals surface area contributed by atoms with Crippen molar-refractivity contribution in [2.24, 2.45) is 5.41 Å². The smallest absolute Gasteiger partial charge is 0.410 e. The van der Waals surface area contributed by atoms with Crippen LogP contribution in [-0.4, -0.2) is 67.2 Å². The Labute approximate surface area is 180 Å². The normalized spacial score (nSPS) is 23.0. The highest BCUT2D eigenvalue weighted by Crippen LogP contribution is 2.29. The van der Waals surface area contributed by atoms with Gasteiger partial charge in [0.25, 0.3) is 0 Å². The van der Waals surface area contributed by atoms with E-state index in [1.165, 1.54) is 4.90 Å². The van der Waals surface area contributed by atoms with Crippen molar-refractivity contribution in [1.82, 2.24) is 4.90 Å². The van der Waals surface area contributed by atoms with Crippen molar-refractivity contribution in [3.8, 4) is 11.8 Å². The molecular weight excluding hydrogens is 428 g/mol. The van der Waals surface area contributed by atoms with Crippen molar-refractivity contribution < 1.29 is 27.9 Å². The highest BCUT2D eigenvalue weighted by molar-refractivity contribution is 7.91. The highest BCUT2D eigenvalue weighted by Gasteiger charge is 2.34. The molecule has 0 radical (unpaired) electrons. The number of rotatable bonds is 4. The second-order valence-electron chi connectivity index (χ2n) is 8.64. The van der Waals surface area contributed by atoms with Crippen molar-refractivity contribution in [3.63, 3.8) is 0 Å². The largest absolute Gasteiger partial charge is 0.477 e. The van der Waals surface area contributed by atoms with Crippen LogP contribution in [0.5, 0.6) is 0 Å². The van der Waals surface area contributed by atoms with Crippen LogP contribution in [-0.2, 0) is 14.6 Å². The molecule has 164 valence electrons. The van der Waals surface area contributed by atoms with Gasteiger partial charge >= 0.3 is 12.1 Å². The number of hydrogen-bond donors (Lipinski definition) is 2. The van der Waals surface area contributed by atoms with Gasteiger partial charge in [0.1, 0.15) is 11.0 Å². The van der Waals surface area contributed by atoms with Crippen LogP contribution in [0.4, 0.5) is 10.5 Å². The van der Waals surface area contributed by atoms with Crippen LogP contribution < -0.4 is 5.32 Å². The Morgan fingerprint density at radius 3 is 2.67 bits per heavy atom. The molecule has 0 spiro atoms. The molecule has 2 aliphatic heterocycles. The van der Waals surface area contributed by atoms with Crippen LogP contribution in [0.3, 0.4) is 0 Å². The first-order chi connectivity index (χ1) is 13.9. The maximum absolute atomic E-state index is 12.3. The van der Waals surface area contributed by atoms with Crippen LogP contribution in [0.15, 0.2) is 6.07 Å². The molecule has 3 rings (SSSR count). The molecular formula is C20H26N2O6S2. The van der Waals surface area contributed by atoms with Crippen molar-refractivity contribution in [2.45, 2.75) is 45.8 Å². The van der Waals surface area contributed by atoms with E-state index in [-0.39, 0.29) is 27.8 Å². The van der Waals surface area contributed by atoms with Crippen molar-refractivity contribution in [2.75, 3.05) is 29.9 Å². The number of carbonyl (C=O) groups excluding carboxylic acids is 1. The van der Waals surface area contributed by atoms with E-state index in [9.17, 15) is 23.1 Å². The minimum absolute atomic E-state index is 0.0473. The minimum atomic E-state index is -3.11. The van der Waals surface area contributed by atoms with Gasteiger partial charge in [-0.15, -0.1) is 11.3 Å². The molecule has 2 atom stereocenters. The summed E-state index contributed by atoms with van der Waals surface area (Å²) in [5, 5.41) is 12.7. The summed E-state index contributed by atoms with van der Waals surface area (Å²) in [6, 6.07) is 1.61. The van der Waals surface area contributed by atoms with E-state index in [0.717, 1.165) is 11.3 Å². The summed E-state index contributed by atoms with van der Waals surface area (Å²) in [5.41, 5.74) is 0.305. The fraction of sp³-hybridized carbons (Fsp3) is 0.600. The predicted octanol–water partition coefficient (Wildman–Crippen LogP) is 2.65. The van der Waals surface area contributed by atoms with Gasteiger partial charge in [0.2, 0.25) is 0 Å². The molecule has 2 aliphatic rings. The summed E-state index contributed by atoms with van der Waals surface area (Å²) in [6.07, 6.45) is -0.148. The quantitative estimate of drug-likeness (QED) is 0.673. The number of nitrogens with one attached hydrogen (secondary N) is 1. The lowest BCUT2D eigenvalue weighted by Crippen LogP contribution is -2.34. The number of aromatic carboxylic acids is 1. The molecule has 8 nitrogen and oxygen atoms in total. The van der Waals surface area contributed by atoms with E-state index in [2.05, 4.69) is 17.2 Å². The topological polar surface area (TPSA) is 113 Å². The molecule has 0 bridgehead atoms. The lowest BCUT2D eigenvalue weighted by atomic mass is 9.98. The molecule has 2 fully saturated rings. The van der Waals surface area contributed by atoms with E-state index in [1.54, 1.807) is 6.07 Å². The number of carbonyl (C=O) groups is 2. The zero-order valence-electron chi connectivity index (χ0n) is 17.2. The zero-order valence-corrected chi connectivity index (χ0v) is 18.9. The summed E-state index contributed by atoms with van der Waals surface area (Å²) in [4.78, 5) is 26.3. The summed E-state index contributed by atoms with van der Waals surface area (Å²) >= 11 is 1.12. The van der Waals surface area contributed by atoms with Crippen LogP contribution >= 0.6 is 11.3 Å². The number of sulfone groups is 1. The maximum Gasteiger partial charge on any atom is 0.410 e. The maximum atomic E-state index is 12.3.